The van der Waals surface area contributed by atoms with Crippen LogP contribution in [0, 0.1) is 6.92 Å². The molecule has 2 nitrogen and oxygen atoms in total. The number of aromatic amines is 1. The first-order valence-electron chi connectivity index (χ1n) is 6.40. The van der Waals surface area contributed by atoms with Crippen molar-refractivity contribution in [1.29, 1.82) is 0 Å². The SMILES string of the molecule is Cc1cc(Br)cc2[nH]c(C3CCCCC3)nc12. The smallest absolute Gasteiger partial charge is 0.110 e. The molecule has 3 rings (SSSR count). The van der Waals surface area contributed by atoms with Crippen LogP contribution in [0.4, 0.5) is 0 Å². The molecule has 0 radical (unpaired) electrons. The van der Waals surface area contributed by atoms with Gasteiger partial charge in [0.25, 0.3) is 0 Å². The van der Waals surface area contributed by atoms with Gasteiger partial charge in [0.1, 0.15) is 5.82 Å². The molecule has 0 spiro atoms. The minimum atomic E-state index is 0.648. The van der Waals surface area contributed by atoms with Crippen LogP contribution in [-0.2, 0) is 0 Å². The fourth-order valence-corrected chi connectivity index (χ4v) is 3.41. The number of hydrogen-bond donors (Lipinski definition) is 1. The van der Waals surface area contributed by atoms with Crippen molar-refractivity contribution in [2.24, 2.45) is 0 Å². The van der Waals surface area contributed by atoms with E-state index in [0.29, 0.717) is 5.92 Å². The second-order valence-electron chi connectivity index (χ2n) is 5.08. The molecule has 1 aliphatic carbocycles. The molecular weight excluding hydrogens is 276 g/mol. The molecule has 0 amide bonds. The maximum absolute atomic E-state index is 4.80. The number of nitrogens with zero attached hydrogens (tertiary/aromatic N) is 1. The molecule has 2 aromatic rings. The molecule has 1 aliphatic rings. The molecule has 1 aromatic carbocycles. The van der Waals surface area contributed by atoms with Gasteiger partial charge in [0.15, 0.2) is 0 Å². The van der Waals surface area contributed by atoms with E-state index in [1.807, 2.05) is 0 Å². The lowest BCUT2D eigenvalue weighted by Crippen LogP contribution is -2.05. The highest BCUT2D eigenvalue weighted by Gasteiger charge is 2.19. The molecule has 1 aromatic heterocycles. The highest BCUT2D eigenvalue weighted by atomic mass is 79.9. The summed E-state index contributed by atoms with van der Waals surface area (Å²) in [7, 11) is 0. The molecule has 0 unspecified atom stereocenters. The maximum Gasteiger partial charge on any atom is 0.110 e. The van der Waals surface area contributed by atoms with Crippen LogP contribution in [0.1, 0.15) is 49.4 Å². The van der Waals surface area contributed by atoms with E-state index in [2.05, 4.69) is 40.0 Å². The number of H-pyrrole nitrogens is 1. The van der Waals surface area contributed by atoms with Gasteiger partial charge in [-0.05, 0) is 37.5 Å². The van der Waals surface area contributed by atoms with Crippen molar-refractivity contribution in [3.63, 3.8) is 0 Å². The highest BCUT2D eigenvalue weighted by Crippen LogP contribution is 2.33. The fourth-order valence-electron chi connectivity index (χ4n) is 2.83. The number of nitrogens with one attached hydrogen (secondary N) is 1. The molecule has 17 heavy (non-hydrogen) atoms. The number of benzene rings is 1. The van der Waals surface area contributed by atoms with Crippen LogP contribution in [0.15, 0.2) is 16.6 Å². The fraction of sp³-hybridized carbons (Fsp3) is 0.500. The Morgan fingerprint density at radius 3 is 2.76 bits per heavy atom. The van der Waals surface area contributed by atoms with E-state index in [-0.39, 0.29) is 0 Å². The minimum absolute atomic E-state index is 0.648. The average molecular weight is 293 g/mol. The van der Waals surface area contributed by atoms with Gasteiger partial charge in [-0.3, -0.25) is 0 Å². The Kier molecular flexibility index (Phi) is 2.95. The zero-order chi connectivity index (χ0) is 11.8. The summed E-state index contributed by atoms with van der Waals surface area (Å²) in [6.45, 7) is 2.12. The molecule has 0 aliphatic heterocycles. The van der Waals surface area contributed by atoms with Gasteiger partial charge in [-0.25, -0.2) is 4.98 Å². The standard InChI is InChI=1S/C14H17BrN2/c1-9-7-11(15)8-12-13(9)17-14(16-12)10-5-3-2-4-6-10/h7-8,10H,2-6H2,1H3,(H,16,17). The lowest BCUT2D eigenvalue weighted by atomic mass is 9.89. The monoisotopic (exact) mass is 292 g/mol. The van der Waals surface area contributed by atoms with Gasteiger partial charge in [0.2, 0.25) is 0 Å². The molecule has 1 N–H and O–H groups in total. The summed E-state index contributed by atoms with van der Waals surface area (Å²) >= 11 is 3.54. The third-order valence-electron chi connectivity index (χ3n) is 3.75. The number of imidazole rings is 1. The van der Waals surface area contributed by atoms with Crippen molar-refractivity contribution < 1.29 is 0 Å². The van der Waals surface area contributed by atoms with Crippen molar-refractivity contribution in [2.75, 3.05) is 0 Å². The Balaban J connectivity index is 2.03. The first-order chi connectivity index (χ1) is 8.24. The van der Waals surface area contributed by atoms with Crippen molar-refractivity contribution in [1.82, 2.24) is 9.97 Å². The molecule has 1 fully saturated rings. The minimum Gasteiger partial charge on any atom is -0.342 e. The van der Waals surface area contributed by atoms with E-state index in [1.165, 1.54) is 43.5 Å². The Bertz CT molecular complexity index is 538. The van der Waals surface area contributed by atoms with Gasteiger partial charge in [0.05, 0.1) is 11.0 Å². The number of aryl methyl sites for hydroxylation is 1. The molecule has 1 heterocycles. The first kappa shape index (κ1) is 11.3. The normalized spacial score (nSPS) is 17.8. The van der Waals surface area contributed by atoms with E-state index in [1.54, 1.807) is 0 Å². The number of aromatic nitrogens is 2. The Labute approximate surface area is 110 Å². The van der Waals surface area contributed by atoms with Crippen molar-refractivity contribution in [3.05, 3.63) is 28.0 Å². The van der Waals surface area contributed by atoms with Gasteiger partial charge in [0, 0.05) is 10.4 Å². The molecular formula is C14H17BrN2. The van der Waals surface area contributed by atoms with Crippen LogP contribution in [0.3, 0.4) is 0 Å². The lowest BCUT2D eigenvalue weighted by molar-refractivity contribution is 0.431. The molecule has 90 valence electrons. The average Bonchev–Trinajstić information content (AvgIpc) is 2.74. The summed E-state index contributed by atoms with van der Waals surface area (Å²) in [5, 5.41) is 0. The Morgan fingerprint density at radius 1 is 1.24 bits per heavy atom. The molecule has 0 atom stereocenters. The van der Waals surface area contributed by atoms with Gasteiger partial charge in [-0.1, -0.05) is 35.2 Å². The van der Waals surface area contributed by atoms with Crippen LogP contribution in [-0.4, -0.2) is 9.97 Å². The van der Waals surface area contributed by atoms with Crippen LogP contribution < -0.4 is 0 Å². The topological polar surface area (TPSA) is 28.7 Å². The number of halogens is 1. The molecule has 0 saturated heterocycles. The summed E-state index contributed by atoms with van der Waals surface area (Å²) in [5.41, 5.74) is 3.54. The maximum atomic E-state index is 4.80. The van der Waals surface area contributed by atoms with Crippen molar-refractivity contribution in [2.45, 2.75) is 44.9 Å². The summed E-state index contributed by atoms with van der Waals surface area (Å²) in [4.78, 5) is 8.31. The summed E-state index contributed by atoms with van der Waals surface area (Å²) in [6.07, 6.45) is 6.68. The summed E-state index contributed by atoms with van der Waals surface area (Å²) < 4.78 is 1.13. The van der Waals surface area contributed by atoms with Crippen LogP contribution in [0.2, 0.25) is 0 Å². The van der Waals surface area contributed by atoms with Gasteiger partial charge < -0.3 is 4.98 Å². The predicted octanol–water partition coefficient (Wildman–Crippen LogP) is 4.68. The zero-order valence-corrected chi connectivity index (χ0v) is 11.7. The van der Waals surface area contributed by atoms with Gasteiger partial charge in [-0.15, -0.1) is 0 Å². The zero-order valence-electron chi connectivity index (χ0n) is 10.1. The van der Waals surface area contributed by atoms with Crippen LogP contribution in [0.5, 0.6) is 0 Å². The highest BCUT2D eigenvalue weighted by molar-refractivity contribution is 9.10. The quantitative estimate of drug-likeness (QED) is 0.812. The van der Waals surface area contributed by atoms with Crippen LogP contribution in [0.25, 0.3) is 11.0 Å². The third-order valence-corrected chi connectivity index (χ3v) is 4.21. The molecule has 0 bridgehead atoms. The number of rotatable bonds is 1. The van der Waals surface area contributed by atoms with Crippen molar-refractivity contribution in [3.8, 4) is 0 Å². The lowest BCUT2D eigenvalue weighted by Gasteiger charge is -2.18. The second-order valence-corrected chi connectivity index (χ2v) is 5.99. The summed E-state index contributed by atoms with van der Waals surface area (Å²) in [5.74, 6) is 1.84. The van der Waals surface area contributed by atoms with Gasteiger partial charge >= 0.3 is 0 Å². The molecule has 3 heteroatoms. The van der Waals surface area contributed by atoms with E-state index in [9.17, 15) is 0 Å². The Morgan fingerprint density at radius 2 is 2.00 bits per heavy atom. The number of hydrogen-bond acceptors (Lipinski definition) is 1. The number of fused-ring (bicyclic) bond motifs is 1. The van der Waals surface area contributed by atoms with E-state index < -0.39 is 0 Å². The first-order valence-corrected chi connectivity index (χ1v) is 7.19. The van der Waals surface area contributed by atoms with Crippen molar-refractivity contribution >= 4 is 27.0 Å². The Hall–Kier alpha value is -0.830. The van der Waals surface area contributed by atoms with Crippen LogP contribution >= 0.6 is 15.9 Å². The van der Waals surface area contributed by atoms with Gasteiger partial charge in [-0.2, -0.15) is 0 Å². The third kappa shape index (κ3) is 2.13. The molecule has 1 saturated carbocycles. The largest absolute Gasteiger partial charge is 0.342 e. The van der Waals surface area contributed by atoms with E-state index in [0.717, 1.165) is 15.5 Å². The predicted molar refractivity (Wildman–Crippen MR) is 74.4 cm³/mol. The van der Waals surface area contributed by atoms with E-state index in [4.69, 9.17) is 4.98 Å². The summed E-state index contributed by atoms with van der Waals surface area (Å²) in [6, 6.07) is 4.26. The van der Waals surface area contributed by atoms with E-state index >= 15 is 0 Å². The second kappa shape index (κ2) is 4.45.